The number of aliphatic hydroxyl groups is 1. The average molecular weight is 341 g/mol. The standard InChI is InChI=1S/C20H27N3O2/c1-4-14(3)20(25)23-17(6-5-7-18(23)24)19-21-12-16(22-19)15-10-8-13(2)9-11-15/h8-12,14,17-18,24H,4-7H2,1-3H3,(H,21,22). The second kappa shape index (κ2) is 7.40. The van der Waals surface area contributed by atoms with Crippen molar-refractivity contribution in [3.8, 4) is 11.3 Å². The third kappa shape index (κ3) is 3.61. The molecule has 5 nitrogen and oxygen atoms in total. The number of nitrogens with zero attached hydrogens (tertiary/aromatic N) is 2. The van der Waals surface area contributed by atoms with Crippen LogP contribution in [0, 0.1) is 12.8 Å². The van der Waals surface area contributed by atoms with Crippen LogP contribution in [0.1, 0.15) is 57.0 Å². The molecule has 1 aliphatic rings. The van der Waals surface area contributed by atoms with Crippen molar-refractivity contribution in [2.24, 2.45) is 5.92 Å². The highest BCUT2D eigenvalue weighted by Crippen LogP contribution is 2.34. The van der Waals surface area contributed by atoms with Crippen molar-refractivity contribution in [2.45, 2.75) is 58.7 Å². The number of carbonyl (C=O) groups is 1. The van der Waals surface area contributed by atoms with Gasteiger partial charge in [-0.1, -0.05) is 43.7 Å². The summed E-state index contributed by atoms with van der Waals surface area (Å²) >= 11 is 0. The van der Waals surface area contributed by atoms with Crippen molar-refractivity contribution in [3.63, 3.8) is 0 Å². The fourth-order valence-electron chi connectivity index (χ4n) is 3.36. The van der Waals surface area contributed by atoms with Crippen LogP contribution < -0.4 is 0 Å². The molecule has 1 amide bonds. The number of aliphatic hydroxyl groups excluding tert-OH is 1. The molecular formula is C20H27N3O2. The van der Waals surface area contributed by atoms with Crippen LogP contribution in [0.15, 0.2) is 30.5 Å². The van der Waals surface area contributed by atoms with Gasteiger partial charge in [-0.15, -0.1) is 0 Å². The van der Waals surface area contributed by atoms with Crippen LogP contribution in [0.25, 0.3) is 11.3 Å². The molecule has 1 fully saturated rings. The molecule has 0 spiro atoms. The lowest BCUT2D eigenvalue weighted by Crippen LogP contribution is -2.48. The molecule has 1 saturated heterocycles. The number of benzene rings is 1. The maximum atomic E-state index is 12.8. The number of imidazole rings is 1. The SMILES string of the molecule is CCC(C)C(=O)N1C(O)CCCC1c1ncc(-c2ccc(C)cc2)[nH]1. The molecule has 134 valence electrons. The van der Waals surface area contributed by atoms with E-state index in [1.54, 1.807) is 4.90 Å². The largest absolute Gasteiger partial charge is 0.374 e. The van der Waals surface area contributed by atoms with Crippen LogP contribution in [0.4, 0.5) is 0 Å². The number of aromatic amines is 1. The highest BCUT2D eigenvalue weighted by Gasteiger charge is 2.37. The van der Waals surface area contributed by atoms with Gasteiger partial charge in [-0.2, -0.15) is 0 Å². The Bertz CT molecular complexity index is 723. The smallest absolute Gasteiger partial charge is 0.228 e. The zero-order valence-electron chi connectivity index (χ0n) is 15.2. The maximum Gasteiger partial charge on any atom is 0.228 e. The zero-order chi connectivity index (χ0) is 18.0. The van der Waals surface area contributed by atoms with Crippen molar-refractivity contribution in [2.75, 3.05) is 0 Å². The summed E-state index contributed by atoms with van der Waals surface area (Å²) in [6, 6.07) is 8.07. The van der Waals surface area contributed by atoms with E-state index in [-0.39, 0.29) is 17.9 Å². The molecule has 1 aliphatic heterocycles. The number of hydrogen-bond donors (Lipinski definition) is 2. The van der Waals surface area contributed by atoms with Gasteiger partial charge >= 0.3 is 0 Å². The normalized spacial score (nSPS) is 22.0. The molecule has 0 aliphatic carbocycles. The number of rotatable bonds is 4. The molecule has 2 N–H and O–H groups in total. The summed E-state index contributed by atoms with van der Waals surface area (Å²) in [5.74, 6) is 0.667. The minimum absolute atomic E-state index is 0.00739. The summed E-state index contributed by atoms with van der Waals surface area (Å²) in [6.45, 7) is 5.97. The first kappa shape index (κ1) is 17.7. The predicted molar refractivity (Wildman–Crippen MR) is 97.7 cm³/mol. The molecule has 3 rings (SSSR count). The van der Waals surface area contributed by atoms with E-state index in [9.17, 15) is 9.90 Å². The fourth-order valence-corrected chi connectivity index (χ4v) is 3.36. The summed E-state index contributed by atoms with van der Waals surface area (Å²) in [5.41, 5.74) is 3.22. The summed E-state index contributed by atoms with van der Waals surface area (Å²) in [7, 11) is 0. The molecule has 0 saturated carbocycles. The maximum absolute atomic E-state index is 12.8. The highest BCUT2D eigenvalue weighted by atomic mass is 16.3. The van der Waals surface area contributed by atoms with E-state index in [0.29, 0.717) is 6.42 Å². The van der Waals surface area contributed by atoms with Gasteiger partial charge in [0.15, 0.2) is 0 Å². The molecule has 2 heterocycles. The monoisotopic (exact) mass is 341 g/mol. The fraction of sp³-hybridized carbons (Fsp3) is 0.500. The Morgan fingerprint density at radius 2 is 2.08 bits per heavy atom. The number of carbonyl (C=O) groups excluding carboxylic acids is 1. The van der Waals surface area contributed by atoms with Crippen molar-refractivity contribution < 1.29 is 9.90 Å². The van der Waals surface area contributed by atoms with E-state index in [0.717, 1.165) is 36.3 Å². The summed E-state index contributed by atoms with van der Waals surface area (Å²) in [5, 5.41) is 10.4. The molecule has 25 heavy (non-hydrogen) atoms. The quantitative estimate of drug-likeness (QED) is 0.888. The molecule has 1 aromatic carbocycles. The number of piperidine rings is 1. The van der Waals surface area contributed by atoms with Crippen LogP contribution in [-0.2, 0) is 4.79 Å². The summed E-state index contributed by atoms with van der Waals surface area (Å²) < 4.78 is 0. The average Bonchev–Trinajstić information content (AvgIpc) is 3.10. The van der Waals surface area contributed by atoms with E-state index in [1.807, 2.05) is 20.0 Å². The number of amides is 1. The number of H-pyrrole nitrogens is 1. The van der Waals surface area contributed by atoms with E-state index >= 15 is 0 Å². The van der Waals surface area contributed by atoms with Gasteiger partial charge in [0, 0.05) is 5.92 Å². The summed E-state index contributed by atoms with van der Waals surface area (Å²) in [6.07, 6.45) is 4.18. The van der Waals surface area contributed by atoms with E-state index < -0.39 is 6.23 Å². The van der Waals surface area contributed by atoms with Gasteiger partial charge in [0.1, 0.15) is 12.1 Å². The van der Waals surface area contributed by atoms with E-state index in [4.69, 9.17) is 0 Å². The Labute approximate surface area is 149 Å². The van der Waals surface area contributed by atoms with Crippen LogP contribution in [0.3, 0.4) is 0 Å². The number of hydrogen-bond acceptors (Lipinski definition) is 3. The second-order valence-corrected chi connectivity index (χ2v) is 7.03. The Hall–Kier alpha value is -2.14. The van der Waals surface area contributed by atoms with Crippen LogP contribution in [-0.4, -0.2) is 32.1 Å². The lowest BCUT2D eigenvalue weighted by molar-refractivity contribution is -0.155. The predicted octanol–water partition coefficient (Wildman–Crippen LogP) is 3.80. The topological polar surface area (TPSA) is 69.2 Å². The minimum Gasteiger partial charge on any atom is -0.374 e. The van der Waals surface area contributed by atoms with Gasteiger partial charge in [-0.25, -0.2) is 4.98 Å². The van der Waals surface area contributed by atoms with Gasteiger partial charge in [-0.3, -0.25) is 4.79 Å². The van der Waals surface area contributed by atoms with E-state index in [2.05, 4.69) is 41.2 Å². The third-order valence-electron chi connectivity index (χ3n) is 5.16. The van der Waals surface area contributed by atoms with E-state index in [1.165, 1.54) is 5.56 Å². The van der Waals surface area contributed by atoms with Gasteiger partial charge in [0.05, 0.1) is 17.9 Å². The highest BCUT2D eigenvalue weighted by molar-refractivity contribution is 5.79. The first-order valence-corrected chi connectivity index (χ1v) is 9.13. The number of aryl methyl sites for hydroxylation is 1. The van der Waals surface area contributed by atoms with Crippen molar-refractivity contribution in [1.29, 1.82) is 0 Å². The van der Waals surface area contributed by atoms with Crippen LogP contribution in [0.5, 0.6) is 0 Å². The molecule has 3 atom stereocenters. The van der Waals surface area contributed by atoms with Crippen molar-refractivity contribution in [1.82, 2.24) is 14.9 Å². The molecule has 0 bridgehead atoms. The first-order chi connectivity index (χ1) is 12.0. The number of nitrogens with one attached hydrogen (secondary N) is 1. The Kier molecular flexibility index (Phi) is 5.23. The van der Waals surface area contributed by atoms with Crippen molar-refractivity contribution in [3.05, 3.63) is 41.9 Å². The Morgan fingerprint density at radius 1 is 1.36 bits per heavy atom. The third-order valence-corrected chi connectivity index (χ3v) is 5.16. The molecule has 0 radical (unpaired) electrons. The summed E-state index contributed by atoms with van der Waals surface area (Å²) in [4.78, 5) is 22.3. The molecule has 5 heteroatoms. The Balaban J connectivity index is 1.88. The van der Waals surface area contributed by atoms with Gasteiger partial charge in [0.25, 0.3) is 0 Å². The van der Waals surface area contributed by atoms with Gasteiger partial charge < -0.3 is 15.0 Å². The van der Waals surface area contributed by atoms with Crippen LogP contribution in [0.2, 0.25) is 0 Å². The molecular weight excluding hydrogens is 314 g/mol. The second-order valence-electron chi connectivity index (χ2n) is 7.03. The lowest BCUT2D eigenvalue weighted by atomic mass is 9.97. The van der Waals surface area contributed by atoms with Crippen LogP contribution >= 0.6 is 0 Å². The zero-order valence-corrected chi connectivity index (χ0v) is 15.2. The Morgan fingerprint density at radius 3 is 2.76 bits per heavy atom. The first-order valence-electron chi connectivity index (χ1n) is 9.13. The number of aromatic nitrogens is 2. The lowest BCUT2D eigenvalue weighted by Gasteiger charge is -2.39. The minimum atomic E-state index is -0.729. The molecule has 1 aromatic heterocycles. The number of likely N-dealkylation sites (tertiary alicyclic amines) is 1. The molecule has 2 aromatic rings. The van der Waals surface area contributed by atoms with Gasteiger partial charge in [-0.05, 0) is 38.2 Å². The van der Waals surface area contributed by atoms with Gasteiger partial charge in [0.2, 0.25) is 5.91 Å². The van der Waals surface area contributed by atoms with Crippen molar-refractivity contribution >= 4 is 5.91 Å². The molecule has 3 unspecified atom stereocenters.